The van der Waals surface area contributed by atoms with Gasteiger partial charge in [0.2, 0.25) is 6.79 Å². The number of ether oxygens (including phenoxy) is 2. The van der Waals surface area contributed by atoms with Crippen LogP contribution in [0.15, 0.2) is 24.4 Å². The van der Waals surface area contributed by atoms with Gasteiger partial charge in [-0.15, -0.1) is 11.3 Å². The Balaban J connectivity index is 1.62. The molecule has 0 amide bonds. The number of benzene rings is 1. The minimum atomic E-state index is 0.322. The van der Waals surface area contributed by atoms with Crippen LogP contribution in [0.5, 0.6) is 11.5 Å². The molecular formula is C15H19N3O2S. The zero-order valence-electron chi connectivity index (χ0n) is 12.5. The molecule has 0 aliphatic carbocycles. The van der Waals surface area contributed by atoms with Crippen molar-refractivity contribution in [1.82, 2.24) is 9.88 Å². The molecule has 0 saturated carbocycles. The Morgan fingerprint density at radius 3 is 2.71 bits per heavy atom. The normalized spacial score (nSPS) is 13.0. The predicted octanol–water partition coefficient (Wildman–Crippen LogP) is 2.57. The molecule has 0 saturated heterocycles. The van der Waals surface area contributed by atoms with Crippen LogP contribution in [0.3, 0.4) is 0 Å². The summed E-state index contributed by atoms with van der Waals surface area (Å²) in [6.45, 7) is 2.08. The standard InChI is InChI=1S/C15H19N3O2S/c1-17(2)15-16-7-12(21-15)9-18(3)8-11-4-5-13-14(6-11)20-10-19-13/h4-7H,8-10H2,1-3H3. The summed E-state index contributed by atoms with van der Waals surface area (Å²) < 4.78 is 10.7. The van der Waals surface area contributed by atoms with E-state index in [1.807, 2.05) is 31.3 Å². The van der Waals surface area contributed by atoms with Crippen molar-refractivity contribution in [3.8, 4) is 11.5 Å². The molecule has 0 radical (unpaired) electrons. The molecule has 0 spiro atoms. The van der Waals surface area contributed by atoms with Crippen molar-refractivity contribution in [1.29, 1.82) is 0 Å². The maximum atomic E-state index is 5.41. The first-order valence-corrected chi connectivity index (χ1v) is 7.62. The van der Waals surface area contributed by atoms with Crippen molar-refractivity contribution in [2.45, 2.75) is 13.1 Å². The average Bonchev–Trinajstić information content (AvgIpc) is 3.06. The average molecular weight is 305 g/mol. The van der Waals surface area contributed by atoms with E-state index in [0.29, 0.717) is 6.79 Å². The highest BCUT2D eigenvalue weighted by molar-refractivity contribution is 7.15. The van der Waals surface area contributed by atoms with E-state index in [1.165, 1.54) is 10.4 Å². The zero-order valence-corrected chi connectivity index (χ0v) is 13.3. The molecular weight excluding hydrogens is 286 g/mol. The van der Waals surface area contributed by atoms with Crippen molar-refractivity contribution in [3.63, 3.8) is 0 Å². The predicted molar refractivity (Wildman–Crippen MR) is 84.2 cm³/mol. The highest BCUT2D eigenvalue weighted by atomic mass is 32.1. The summed E-state index contributed by atoms with van der Waals surface area (Å²) in [5.41, 5.74) is 1.22. The number of thiazole rings is 1. The molecule has 0 atom stereocenters. The third kappa shape index (κ3) is 3.28. The highest BCUT2D eigenvalue weighted by Crippen LogP contribution is 2.33. The van der Waals surface area contributed by atoms with Gasteiger partial charge in [-0.25, -0.2) is 4.98 Å². The van der Waals surface area contributed by atoms with Gasteiger partial charge in [-0.2, -0.15) is 0 Å². The molecule has 2 heterocycles. The highest BCUT2D eigenvalue weighted by Gasteiger charge is 2.14. The van der Waals surface area contributed by atoms with E-state index in [4.69, 9.17) is 9.47 Å². The van der Waals surface area contributed by atoms with Crippen LogP contribution in [-0.4, -0.2) is 37.8 Å². The van der Waals surface area contributed by atoms with Gasteiger partial charge in [-0.1, -0.05) is 6.07 Å². The third-order valence-electron chi connectivity index (χ3n) is 3.24. The lowest BCUT2D eigenvalue weighted by molar-refractivity contribution is 0.174. The van der Waals surface area contributed by atoms with Crippen LogP contribution in [0.4, 0.5) is 5.13 Å². The minimum Gasteiger partial charge on any atom is -0.454 e. The Hall–Kier alpha value is -1.79. The summed E-state index contributed by atoms with van der Waals surface area (Å²) in [5.74, 6) is 1.67. The van der Waals surface area contributed by atoms with Gasteiger partial charge < -0.3 is 14.4 Å². The van der Waals surface area contributed by atoms with Gasteiger partial charge in [0.1, 0.15) is 0 Å². The first-order valence-electron chi connectivity index (χ1n) is 6.81. The summed E-state index contributed by atoms with van der Waals surface area (Å²) >= 11 is 1.73. The quantitative estimate of drug-likeness (QED) is 0.849. The van der Waals surface area contributed by atoms with Gasteiger partial charge in [0.05, 0.1) is 0 Å². The monoisotopic (exact) mass is 305 g/mol. The summed E-state index contributed by atoms with van der Waals surface area (Å²) in [5, 5.41) is 1.04. The molecule has 5 nitrogen and oxygen atoms in total. The van der Waals surface area contributed by atoms with Crippen molar-refractivity contribution in [3.05, 3.63) is 34.8 Å². The van der Waals surface area contributed by atoms with E-state index >= 15 is 0 Å². The Morgan fingerprint density at radius 2 is 1.95 bits per heavy atom. The Bertz CT molecular complexity index is 627. The summed E-state index contributed by atoms with van der Waals surface area (Å²) in [6.07, 6.45) is 1.95. The molecule has 0 bridgehead atoms. The van der Waals surface area contributed by atoms with Crippen LogP contribution in [-0.2, 0) is 13.1 Å². The fraction of sp³-hybridized carbons (Fsp3) is 0.400. The molecule has 1 aromatic heterocycles. The van der Waals surface area contributed by atoms with Gasteiger partial charge in [0, 0.05) is 38.3 Å². The maximum absolute atomic E-state index is 5.41. The fourth-order valence-electron chi connectivity index (χ4n) is 2.25. The Morgan fingerprint density at radius 1 is 1.14 bits per heavy atom. The minimum absolute atomic E-state index is 0.322. The summed E-state index contributed by atoms with van der Waals surface area (Å²) in [4.78, 5) is 9.97. The number of rotatable bonds is 5. The second kappa shape index (κ2) is 5.91. The molecule has 0 N–H and O–H groups in total. The van der Waals surface area contributed by atoms with Crippen LogP contribution >= 0.6 is 11.3 Å². The third-order valence-corrected chi connectivity index (χ3v) is 4.39. The first-order chi connectivity index (χ1) is 10.1. The fourth-order valence-corrected chi connectivity index (χ4v) is 3.16. The van der Waals surface area contributed by atoms with Crippen LogP contribution in [0, 0.1) is 0 Å². The number of nitrogens with zero attached hydrogens (tertiary/aromatic N) is 3. The Labute approximate surface area is 128 Å². The van der Waals surface area contributed by atoms with Crippen molar-refractivity contribution in [2.24, 2.45) is 0 Å². The second-order valence-corrected chi connectivity index (χ2v) is 6.46. The van der Waals surface area contributed by atoms with Crippen molar-refractivity contribution in [2.75, 3.05) is 32.8 Å². The van der Waals surface area contributed by atoms with Gasteiger partial charge in [0.15, 0.2) is 16.6 Å². The molecule has 1 aromatic carbocycles. The van der Waals surface area contributed by atoms with Crippen molar-refractivity contribution >= 4 is 16.5 Å². The van der Waals surface area contributed by atoms with Gasteiger partial charge in [-0.05, 0) is 24.7 Å². The molecule has 1 aliphatic rings. The van der Waals surface area contributed by atoms with E-state index in [-0.39, 0.29) is 0 Å². The summed E-state index contributed by atoms with van der Waals surface area (Å²) in [6, 6.07) is 6.11. The number of hydrogen-bond donors (Lipinski definition) is 0. The largest absolute Gasteiger partial charge is 0.454 e. The smallest absolute Gasteiger partial charge is 0.231 e. The van der Waals surface area contributed by atoms with Crippen LogP contribution in [0.2, 0.25) is 0 Å². The number of hydrogen-bond acceptors (Lipinski definition) is 6. The molecule has 0 fully saturated rings. The van der Waals surface area contributed by atoms with E-state index in [1.54, 1.807) is 11.3 Å². The van der Waals surface area contributed by atoms with Crippen LogP contribution in [0.25, 0.3) is 0 Å². The van der Waals surface area contributed by atoms with Gasteiger partial charge in [0.25, 0.3) is 0 Å². The molecule has 3 rings (SSSR count). The second-order valence-electron chi connectivity index (χ2n) is 5.36. The van der Waals surface area contributed by atoms with Crippen LogP contribution in [0.1, 0.15) is 10.4 Å². The van der Waals surface area contributed by atoms with E-state index in [0.717, 1.165) is 29.7 Å². The van der Waals surface area contributed by atoms with Gasteiger partial charge in [-0.3, -0.25) is 4.90 Å². The first kappa shape index (κ1) is 14.2. The molecule has 2 aromatic rings. The zero-order chi connectivity index (χ0) is 14.8. The Kier molecular flexibility index (Phi) is 3.98. The maximum Gasteiger partial charge on any atom is 0.231 e. The van der Waals surface area contributed by atoms with E-state index in [9.17, 15) is 0 Å². The number of anilines is 1. The van der Waals surface area contributed by atoms with E-state index in [2.05, 4.69) is 29.1 Å². The molecule has 21 heavy (non-hydrogen) atoms. The lowest BCUT2D eigenvalue weighted by atomic mass is 10.2. The molecule has 1 aliphatic heterocycles. The molecule has 0 unspecified atom stereocenters. The van der Waals surface area contributed by atoms with Gasteiger partial charge >= 0.3 is 0 Å². The molecule has 6 heteroatoms. The topological polar surface area (TPSA) is 37.8 Å². The van der Waals surface area contributed by atoms with E-state index < -0.39 is 0 Å². The SMILES string of the molecule is CN(Cc1ccc2c(c1)OCO2)Cc1cnc(N(C)C)s1. The lowest BCUT2D eigenvalue weighted by Crippen LogP contribution is -2.16. The van der Waals surface area contributed by atoms with Crippen LogP contribution < -0.4 is 14.4 Å². The van der Waals surface area contributed by atoms with Crippen molar-refractivity contribution < 1.29 is 9.47 Å². The lowest BCUT2D eigenvalue weighted by Gasteiger charge is -2.15. The number of aromatic nitrogens is 1. The molecule has 112 valence electrons. The number of fused-ring (bicyclic) bond motifs is 1. The summed E-state index contributed by atoms with van der Waals surface area (Å²) in [7, 11) is 6.14.